The van der Waals surface area contributed by atoms with E-state index in [-0.39, 0.29) is 0 Å². The summed E-state index contributed by atoms with van der Waals surface area (Å²) in [7, 11) is 0. The number of aryl methyl sites for hydroxylation is 1. The van der Waals surface area contributed by atoms with Crippen LogP contribution in [0.5, 0.6) is 5.75 Å². The number of aromatic nitrogens is 1. The van der Waals surface area contributed by atoms with E-state index in [1.54, 1.807) is 11.3 Å². The van der Waals surface area contributed by atoms with Crippen LogP contribution in [-0.4, -0.2) is 18.1 Å². The second kappa shape index (κ2) is 6.12. The molecule has 0 radical (unpaired) electrons. The molecule has 0 unspecified atom stereocenters. The van der Waals surface area contributed by atoms with Gasteiger partial charge in [0.25, 0.3) is 0 Å². The molecule has 3 nitrogen and oxygen atoms in total. The number of thiazole rings is 1. The maximum atomic E-state index is 6.15. The van der Waals surface area contributed by atoms with Crippen LogP contribution in [0.1, 0.15) is 21.8 Å². The molecular formula is C15H17ClN2OS. The summed E-state index contributed by atoms with van der Waals surface area (Å²) in [5.74, 6) is 1.02. The Hall–Kier alpha value is -1.10. The average molecular weight is 309 g/mol. The first-order valence-corrected chi connectivity index (χ1v) is 8.04. The van der Waals surface area contributed by atoms with E-state index < -0.39 is 0 Å². The predicted octanol–water partition coefficient (Wildman–Crippen LogP) is 3.37. The second-order valence-corrected chi connectivity index (χ2v) is 6.43. The van der Waals surface area contributed by atoms with Gasteiger partial charge in [0, 0.05) is 41.9 Å². The molecule has 5 heteroatoms. The molecule has 0 spiro atoms. The van der Waals surface area contributed by atoms with Gasteiger partial charge in [-0.15, -0.1) is 11.3 Å². The van der Waals surface area contributed by atoms with Crippen LogP contribution < -0.4 is 10.1 Å². The third-order valence-corrected chi connectivity index (χ3v) is 4.41. The maximum absolute atomic E-state index is 6.15. The van der Waals surface area contributed by atoms with Crippen molar-refractivity contribution in [2.75, 3.05) is 13.2 Å². The van der Waals surface area contributed by atoms with E-state index in [1.165, 1.54) is 5.56 Å². The molecule has 0 saturated heterocycles. The minimum absolute atomic E-state index is 0.765. The number of halogens is 1. The highest BCUT2D eigenvalue weighted by Gasteiger charge is 2.17. The zero-order valence-electron chi connectivity index (χ0n) is 11.4. The monoisotopic (exact) mass is 308 g/mol. The van der Waals surface area contributed by atoms with Crippen molar-refractivity contribution in [2.45, 2.75) is 26.3 Å². The lowest BCUT2D eigenvalue weighted by Crippen LogP contribution is -2.17. The van der Waals surface area contributed by atoms with Crippen LogP contribution in [0.3, 0.4) is 0 Å². The first-order valence-electron chi connectivity index (χ1n) is 6.78. The number of fused-ring (bicyclic) bond motifs is 1. The molecule has 20 heavy (non-hydrogen) atoms. The molecule has 0 amide bonds. The molecule has 0 saturated carbocycles. The van der Waals surface area contributed by atoms with Gasteiger partial charge in [-0.1, -0.05) is 11.6 Å². The molecule has 3 rings (SSSR count). The van der Waals surface area contributed by atoms with Crippen molar-refractivity contribution in [1.29, 1.82) is 0 Å². The average Bonchev–Trinajstić information content (AvgIpc) is 3.03. The Labute approximate surface area is 127 Å². The van der Waals surface area contributed by atoms with Gasteiger partial charge in [-0.25, -0.2) is 4.98 Å². The third kappa shape index (κ3) is 3.14. The van der Waals surface area contributed by atoms with Gasteiger partial charge in [-0.3, -0.25) is 0 Å². The normalized spacial score (nSPS) is 13.3. The summed E-state index contributed by atoms with van der Waals surface area (Å²) in [5.41, 5.74) is 3.54. The van der Waals surface area contributed by atoms with Gasteiger partial charge in [0.05, 0.1) is 17.3 Å². The molecule has 2 heterocycles. The van der Waals surface area contributed by atoms with Gasteiger partial charge in [0.15, 0.2) is 0 Å². The number of hydrogen-bond acceptors (Lipinski definition) is 4. The highest BCUT2D eigenvalue weighted by Crippen LogP contribution is 2.32. The lowest BCUT2D eigenvalue weighted by Gasteiger charge is -2.10. The van der Waals surface area contributed by atoms with Gasteiger partial charge < -0.3 is 10.1 Å². The Bertz CT molecular complexity index is 612. The third-order valence-electron chi connectivity index (χ3n) is 3.37. The van der Waals surface area contributed by atoms with Crippen molar-refractivity contribution < 1.29 is 4.74 Å². The fourth-order valence-electron chi connectivity index (χ4n) is 2.44. The van der Waals surface area contributed by atoms with Crippen molar-refractivity contribution in [3.8, 4) is 5.75 Å². The van der Waals surface area contributed by atoms with E-state index in [4.69, 9.17) is 16.3 Å². The van der Waals surface area contributed by atoms with E-state index in [1.807, 2.05) is 19.1 Å². The summed E-state index contributed by atoms with van der Waals surface area (Å²) in [6.07, 6.45) is 1.91. The molecule has 1 aliphatic heterocycles. The standard InChI is InChI=1S/C15H17ClN2OS/c1-10-18-14(9-20-10)2-4-17-8-12-7-13(16)6-11-3-5-19-15(11)12/h6-7,9,17H,2-5,8H2,1H3. The topological polar surface area (TPSA) is 34.2 Å². The van der Waals surface area contributed by atoms with Gasteiger partial charge in [-0.05, 0) is 24.6 Å². The van der Waals surface area contributed by atoms with Crippen LogP contribution in [0, 0.1) is 6.92 Å². The van der Waals surface area contributed by atoms with Crippen molar-refractivity contribution >= 4 is 22.9 Å². The summed E-state index contributed by atoms with van der Waals surface area (Å²) in [6.45, 7) is 4.49. The second-order valence-electron chi connectivity index (χ2n) is 4.94. The summed E-state index contributed by atoms with van der Waals surface area (Å²) in [5, 5.41) is 7.48. The van der Waals surface area contributed by atoms with Crippen molar-refractivity contribution in [2.24, 2.45) is 0 Å². The molecule has 1 aliphatic rings. The molecule has 2 aromatic rings. The highest BCUT2D eigenvalue weighted by atomic mass is 35.5. The van der Waals surface area contributed by atoms with E-state index in [0.717, 1.165) is 59.6 Å². The Morgan fingerprint density at radius 1 is 1.45 bits per heavy atom. The van der Waals surface area contributed by atoms with E-state index >= 15 is 0 Å². The lowest BCUT2D eigenvalue weighted by atomic mass is 10.1. The Balaban J connectivity index is 1.56. The van der Waals surface area contributed by atoms with Gasteiger partial charge in [0.2, 0.25) is 0 Å². The van der Waals surface area contributed by atoms with Gasteiger partial charge in [0.1, 0.15) is 5.75 Å². The molecule has 1 aromatic heterocycles. The van der Waals surface area contributed by atoms with Crippen molar-refractivity contribution in [3.63, 3.8) is 0 Å². The highest BCUT2D eigenvalue weighted by molar-refractivity contribution is 7.09. The van der Waals surface area contributed by atoms with E-state index in [9.17, 15) is 0 Å². The number of nitrogens with zero attached hydrogens (tertiary/aromatic N) is 1. The Kier molecular flexibility index (Phi) is 4.24. The zero-order valence-corrected chi connectivity index (χ0v) is 13.0. The summed E-state index contributed by atoms with van der Waals surface area (Å²) < 4.78 is 5.69. The summed E-state index contributed by atoms with van der Waals surface area (Å²) >= 11 is 7.85. The Morgan fingerprint density at radius 3 is 3.15 bits per heavy atom. The number of rotatable bonds is 5. The first-order chi connectivity index (χ1) is 9.72. The number of hydrogen-bond donors (Lipinski definition) is 1. The molecule has 1 aromatic carbocycles. The van der Waals surface area contributed by atoms with E-state index in [0.29, 0.717) is 0 Å². The first kappa shape index (κ1) is 13.9. The molecule has 106 valence electrons. The lowest BCUT2D eigenvalue weighted by molar-refractivity contribution is 0.352. The number of benzene rings is 1. The molecule has 1 N–H and O–H groups in total. The molecule has 0 fully saturated rings. The number of ether oxygens (including phenoxy) is 1. The van der Waals surface area contributed by atoms with Gasteiger partial charge >= 0.3 is 0 Å². The molecule has 0 atom stereocenters. The maximum Gasteiger partial charge on any atom is 0.127 e. The van der Waals surface area contributed by atoms with Crippen molar-refractivity contribution in [1.82, 2.24) is 10.3 Å². The molecular weight excluding hydrogens is 292 g/mol. The van der Waals surface area contributed by atoms with Crippen LogP contribution in [0.4, 0.5) is 0 Å². The van der Waals surface area contributed by atoms with Crippen LogP contribution >= 0.6 is 22.9 Å². The van der Waals surface area contributed by atoms with Crippen LogP contribution in [0.15, 0.2) is 17.5 Å². The van der Waals surface area contributed by atoms with Crippen LogP contribution in [-0.2, 0) is 19.4 Å². The van der Waals surface area contributed by atoms with Gasteiger partial charge in [-0.2, -0.15) is 0 Å². The summed E-state index contributed by atoms with van der Waals surface area (Å²) in [6, 6.07) is 4.00. The van der Waals surface area contributed by atoms with Crippen molar-refractivity contribution in [3.05, 3.63) is 44.4 Å². The minimum Gasteiger partial charge on any atom is -0.493 e. The fraction of sp³-hybridized carbons (Fsp3) is 0.400. The van der Waals surface area contributed by atoms with E-state index in [2.05, 4.69) is 15.7 Å². The molecule has 0 aliphatic carbocycles. The predicted molar refractivity (Wildman–Crippen MR) is 82.9 cm³/mol. The smallest absolute Gasteiger partial charge is 0.127 e. The quantitative estimate of drug-likeness (QED) is 0.860. The Morgan fingerprint density at radius 2 is 2.35 bits per heavy atom. The number of nitrogens with one attached hydrogen (secondary N) is 1. The van der Waals surface area contributed by atoms with Crippen LogP contribution in [0.25, 0.3) is 0 Å². The fourth-order valence-corrected chi connectivity index (χ4v) is 3.35. The molecule has 0 bridgehead atoms. The largest absolute Gasteiger partial charge is 0.493 e. The van der Waals surface area contributed by atoms with Crippen LogP contribution in [0.2, 0.25) is 5.02 Å². The zero-order chi connectivity index (χ0) is 13.9. The minimum atomic E-state index is 0.765. The summed E-state index contributed by atoms with van der Waals surface area (Å²) in [4.78, 5) is 4.46. The SMILES string of the molecule is Cc1nc(CCNCc2cc(Cl)cc3c2OCC3)cs1.